The second-order valence-electron chi connectivity index (χ2n) is 3.91. The van der Waals surface area contributed by atoms with Gasteiger partial charge in [-0.25, -0.2) is 8.78 Å². The zero-order chi connectivity index (χ0) is 10.2. The first kappa shape index (κ1) is 12.4. The van der Waals surface area contributed by atoms with Crippen molar-refractivity contribution in [2.75, 3.05) is 0 Å². The zero-order valence-electron chi connectivity index (χ0n) is 8.25. The molecule has 4 heteroatoms. The van der Waals surface area contributed by atoms with Crippen LogP contribution in [0.4, 0.5) is 8.78 Å². The van der Waals surface area contributed by atoms with Crippen LogP contribution in [0.2, 0.25) is 0 Å². The fourth-order valence-electron chi connectivity index (χ4n) is 1.87. The van der Waals surface area contributed by atoms with Gasteiger partial charge in [0.15, 0.2) is 0 Å². The fourth-order valence-corrected chi connectivity index (χ4v) is 1.87. The summed E-state index contributed by atoms with van der Waals surface area (Å²) in [5.74, 6) is -2.42. The Morgan fingerprint density at radius 1 is 1.33 bits per heavy atom. The van der Waals surface area contributed by atoms with Gasteiger partial charge in [0.2, 0.25) is 5.92 Å². The maximum Gasteiger partial charge on any atom is 0.249 e. The van der Waals surface area contributed by atoms with Gasteiger partial charge in [0.1, 0.15) is 0 Å². The maximum absolute atomic E-state index is 12.6. The van der Waals surface area contributed by atoms with Gasteiger partial charge in [0, 0.05) is 19.4 Å². The van der Waals surface area contributed by atoms with Crippen LogP contribution in [0.25, 0.3) is 0 Å². The predicted octanol–water partition coefficient (Wildman–Crippen LogP) is 3.08. The third kappa shape index (κ3) is 2.67. The number of alkyl halides is 2. The van der Waals surface area contributed by atoms with Crippen LogP contribution in [0.15, 0.2) is 24.3 Å². The molecule has 0 radical (unpaired) electrons. The van der Waals surface area contributed by atoms with E-state index in [0.717, 1.165) is 11.1 Å². The van der Waals surface area contributed by atoms with Crippen LogP contribution in [0.1, 0.15) is 29.9 Å². The van der Waals surface area contributed by atoms with E-state index in [4.69, 9.17) is 5.73 Å². The highest BCUT2D eigenvalue weighted by Gasteiger charge is 2.45. The number of hydrogen-bond acceptors (Lipinski definition) is 1. The first-order chi connectivity index (χ1) is 6.61. The molecule has 0 heterocycles. The summed E-state index contributed by atoms with van der Waals surface area (Å²) in [5.41, 5.74) is 7.49. The lowest BCUT2D eigenvalue weighted by Gasteiger charge is -2.35. The number of hydrogen-bond donors (Lipinski definition) is 1. The van der Waals surface area contributed by atoms with E-state index in [1.165, 1.54) is 0 Å². The smallest absolute Gasteiger partial charge is 0.249 e. The average molecular weight is 234 g/mol. The lowest BCUT2D eigenvalue weighted by molar-refractivity contribution is -0.0867. The van der Waals surface area contributed by atoms with E-state index < -0.39 is 5.92 Å². The van der Waals surface area contributed by atoms with Gasteiger partial charge in [-0.05, 0) is 17.0 Å². The van der Waals surface area contributed by atoms with Crippen LogP contribution in [-0.2, 0) is 6.54 Å². The van der Waals surface area contributed by atoms with Crippen molar-refractivity contribution >= 4 is 12.4 Å². The van der Waals surface area contributed by atoms with Gasteiger partial charge >= 0.3 is 0 Å². The predicted molar refractivity (Wildman–Crippen MR) is 58.5 cm³/mol. The van der Waals surface area contributed by atoms with E-state index in [2.05, 4.69) is 0 Å². The molecule has 2 N–H and O–H groups in total. The molecule has 2 rings (SSSR count). The van der Waals surface area contributed by atoms with E-state index in [0.29, 0.717) is 6.54 Å². The molecule has 0 atom stereocenters. The van der Waals surface area contributed by atoms with Gasteiger partial charge in [-0.1, -0.05) is 24.3 Å². The minimum absolute atomic E-state index is 0. The lowest BCUT2D eigenvalue weighted by Crippen LogP contribution is -2.33. The summed E-state index contributed by atoms with van der Waals surface area (Å²) < 4.78 is 25.3. The van der Waals surface area contributed by atoms with Crippen molar-refractivity contribution in [2.24, 2.45) is 5.73 Å². The molecule has 1 aromatic rings. The second-order valence-corrected chi connectivity index (χ2v) is 3.91. The Hall–Kier alpha value is -0.670. The Kier molecular flexibility index (Phi) is 3.68. The normalized spacial score (nSPS) is 19.1. The van der Waals surface area contributed by atoms with Gasteiger partial charge in [0.25, 0.3) is 0 Å². The Balaban J connectivity index is 0.00000112. The molecule has 15 heavy (non-hydrogen) atoms. The van der Waals surface area contributed by atoms with Gasteiger partial charge in [-0.3, -0.25) is 0 Å². The van der Waals surface area contributed by atoms with Gasteiger partial charge in [-0.2, -0.15) is 0 Å². The first-order valence-electron chi connectivity index (χ1n) is 4.77. The zero-order valence-corrected chi connectivity index (χ0v) is 9.07. The Morgan fingerprint density at radius 3 is 2.53 bits per heavy atom. The minimum atomic E-state index is -2.44. The first-order valence-corrected chi connectivity index (χ1v) is 4.77. The van der Waals surface area contributed by atoms with E-state index in [1.54, 1.807) is 0 Å². The van der Waals surface area contributed by atoms with Crippen LogP contribution in [-0.4, -0.2) is 5.92 Å². The summed E-state index contributed by atoms with van der Waals surface area (Å²) in [6, 6.07) is 7.63. The molecule has 0 aromatic heterocycles. The van der Waals surface area contributed by atoms with Crippen molar-refractivity contribution in [3.63, 3.8) is 0 Å². The maximum atomic E-state index is 12.6. The largest absolute Gasteiger partial charge is 0.326 e. The summed E-state index contributed by atoms with van der Waals surface area (Å²) in [6.07, 6.45) is -0.0257. The minimum Gasteiger partial charge on any atom is -0.326 e. The molecule has 1 aliphatic rings. The van der Waals surface area contributed by atoms with Gasteiger partial charge in [-0.15, -0.1) is 12.4 Å². The van der Waals surface area contributed by atoms with E-state index >= 15 is 0 Å². The van der Waals surface area contributed by atoms with E-state index in [9.17, 15) is 8.78 Å². The third-order valence-electron chi connectivity index (χ3n) is 2.75. The number of nitrogens with two attached hydrogens (primary N) is 1. The highest BCUT2D eigenvalue weighted by molar-refractivity contribution is 5.85. The summed E-state index contributed by atoms with van der Waals surface area (Å²) in [7, 11) is 0. The summed E-state index contributed by atoms with van der Waals surface area (Å²) >= 11 is 0. The monoisotopic (exact) mass is 233 g/mol. The highest BCUT2D eigenvalue weighted by Crippen LogP contribution is 2.48. The molecule has 0 aliphatic heterocycles. The van der Waals surface area contributed by atoms with Crippen molar-refractivity contribution in [2.45, 2.75) is 31.2 Å². The van der Waals surface area contributed by atoms with Crippen molar-refractivity contribution in [1.29, 1.82) is 0 Å². The number of halogens is 3. The molecule has 0 saturated heterocycles. The standard InChI is InChI=1S/C11H13F2N.ClH/c12-11(13)5-10(6-11)9-3-1-2-8(4-9)7-14;/h1-4,10H,5-7,14H2;1H. The Bertz CT molecular complexity index is 333. The van der Waals surface area contributed by atoms with Crippen molar-refractivity contribution in [3.05, 3.63) is 35.4 Å². The molecule has 1 fully saturated rings. The lowest BCUT2D eigenvalue weighted by atomic mass is 9.76. The average Bonchev–Trinajstić information content (AvgIpc) is 2.14. The summed E-state index contributed by atoms with van der Waals surface area (Å²) in [6.45, 7) is 0.469. The molecule has 1 aromatic carbocycles. The molecule has 0 amide bonds. The molecular formula is C11H14ClF2N. The molecule has 84 valence electrons. The highest BCUT2D eigenvalue weighted by atomic mass is 35.5. The van der Waals surface area contributed by atoms with Crippen molar-refractivity contribution in [3.8, 4) is 0 Å². The fraction of sp³-hybridized carbons (Fsp3) is 0.455. The molecule has 0 spiro atoms. The quantitative estimate of drug-likeness (QED) is 0.835. The van der Waals surface area contributed by atoms with Crippen LogP contribution in [0, 0.1) is 0 Å². The van der Waals surface area contributed by atoms with E-state index in [1.807, 2.05) is 24.3 Å². The molecule has 1 aliphatic carbocycles. The van der Waals surface area contributed by atoms with Crippen LogP contribution < -0.4 is 5.73 Å². The topological polar surface area (TPSA) is 26.0 Å². The van der Waals surface area contributed by atoms with Crippen LogP contribution in [0.5, 0.6) is 0 Å². The molecule has 1 saturated carbocycles. The van der Waals surface area contributed by atoms with Gasteiger partial charge < -0.3 is 5.73 Å². The van der Waals surface area contributed by atoms with E-state index in [-0.39, 0.29) is 31.2 Å². The Labute approximate surface area is 94.1 Å². The number of rotatable bonds is 2. The summed E-state index contributed by atoms with van der Waals surface area (Å²) in [4.78, 5) is 0. The molecule has 1 nitrogen and oxygen atoms in total. The molecule has 0 unspecified atom stereocenters. The van der Waals surface area contributed by atoms with Crippen molar-refractivity contribution in [1.82, 2.24) is 0 Å². The SMILES string of the molecule is Cl.NCc1cccc(C2CC(F)(F)C2)c1. The Morgan fingerprint density at radius 2 is 2.00 bits per heavy atom. The second kappa shape index (κ2) is 4.45. The molecular weight excluding hydrogens is 220 g/mol. The van der Waals surface area contributed by atoms with Crippen LogP contribution >= 0.6 is 12.4 Å². The summed E-state index contributed by atoms with van der Waals surface area (Å²) in [5, 5.41) is 0. The van der Waals surface area contributed by atoms with Gasteiger partial charge in [0.05, 0.1) is 0 Å². The van der Waals surface area contributed by atoms with Crippen molar-refractivity contribution < 1.29 is 8.78 Å². The van der Waals surface area contributed by atoms with Crippen LogP contribution in [0.3, 0.4) is 0 Å². The molecule has 0 bridgehead atoms. The third-order valence-corrected chi connectivity index (χ3v) is 2.75. The number of benzene rings is 1.